The molecule has 2 aromatic carbocycles. The maximum absolute atomic E-state index is 6.44. The third-order valence-electron chi connectivity index (χ3n) is 5.88. The molecule has 1 aliphatic carbocycles. The average Bonchev–Trinajstić information content (AvgIpc) is 2.94. The zero-order valence-corrected chi connectivity index (χ0v) is 17.3. The van der Waals surface area contributed by atoms with Gasteiger partial charge in [0.2, 0.25) is 0 Å². The molecule has 4 heteroatoms. The summed E-state index contributed by atoms with van der Waals surface area (Å²) in [5.74, 6) is 0. The molecule has 0 saturated heterocycles. The molecule has 0 atom stereocenters. The molecule has 3 aromatic rings. The molecule has 1 N–H and O–H groups in total. The molecule has 0 aliphatic heterocycles. The highest BCUT2D eigenvalue weighted by molar-refractivity contribution is 6.35. The maximum atomic E-state index is 6.44. The first-order valence-corrected chi connectivity index (χ1v) is 10.6. The summed E-state index contributed by atoms with van der Waals surface area (Å²) in [6.07, 6.45) is 6.70. The molecule has 1 aliphatic rings. The predicted molar refractivity (Wildman–Crippen MR) is 116 cm³/mol. The molecular formula is C23H26Cl2N2. The van der Waals surface area contributed by atoms with Gasteiger partial charge in [0.15, 0.2) is 0 Å². The van der Waals surface area contributed by atoms with E-state index in [0.29, 0.717) is 11.1 Å². The normalized spacial score (nSPS) is 15.5. The number of halogens is 2. The van der Waals surface area contributed by atoms with Crippen molar-refractivity contribution in [1.82, 2.24) is 9.88 Å². The zero-order valence-electron chi connectivity index (χ0n) is 15.8. The molecule has 0 bridgehead atoms. The second-order valence-electron chi connectivity index (χ2n) is 7.62. The lowest BCUT2D eigenvalue weighted by Gasteiger charge is -2.23. The fourth-order valence-corrected chi connectivity index (χ4v) is 4.77. The lowest BCUT2D eigenvalue weighted by atomic mass is 9.95. The van der Waals surface area contributed by atoms with Crippen LogP contribution >= 0.6 is 23.2 Å². The number of fused-ring (bicyclic) bond motifs is 1. The molecule has 4 rings (SSSR count). The Balaban J connectivity index is 1.65. The minimum Gasteiger partial charge on any atom is -0.340 e. The first kappa shape index (κ1) is 18.9. The van der Waals surface area contributed by atoms with Gasteiger partial charge < -0.3 is 9.88 Å². The Morgan fingerprint density at radius 3 is 2.59 bits per heavy atom. The van der Waals surface area contributed by atoms with Crippen LogP contribution in [-0.2, 0) is 13.1 Å². The van der Waals surface area contributed by atoms with Gasteiger partial charge in [0.25, 0.3) is 0 Å². The molecular weight excluding hydrogens is 375 g/mol. The van der Waals surface area contributed by atoms with Gasteiger partial charge in [0, 0.05) is 45.8 Å². The third kappa shape index (κ3) is 4.03. The van der Waals surface area contributed by atoms with Crippen LogP contribution in [0.5, 0.6) is 0 Å². The highest BCUT2D eigenvalue weighted by atomic mass is 35.5. The zero-order chi connectivity index (χ0) is 18.8. The second kappa shape index (κ2) is 8.26. The number of aromatic nitrogens is 1. The van der Waals surface area contributed by atoms with E-state index < -0.39 is 0 Å². The summed E-state index contributed by atoms with van der Waals surface area (Å²) in [5.41, 5.74) is 5.07. The Morgan fingerprint density at radius 1 is 1.04 bits per heavy atom. The summed E-state index contributed by atoms with van der Waals surface area (Å²) in [6, 6.07) is 15.1. The van der Waals surface area contributed by atoms with E-state index in [2.05, 4.69) is 41.1 Å². The number of benzene rings is 2. The molecule has 0 amide bonds. The molecule has 1 heterocycles. The van der Waals surface area contributed by atoms with Gasteiger partial charge in [-0.3, -0.25) is 0 Å². The summed E-state index contributed by atoms with van der Waals surface area (Å²) < 4.78 is 2.38. The first-order chi connectivity index (χ1) is 13.1. The monoisotopic (exact) mass is 400 g/mol. The maximum Gasteiger partial charge on any atom is 0.0493 e. The first-order valence-electron chi connectivity index (χ1n) is 9.87. The molecule has 0 spiro atoms. The standard InChI is InChI=1S/C23H26Cl2N2/c1-16-21(14-26-19-7-3-2-4-8-19)20-9-5-6-10-23(20)27(16)15-17-11-12-18(24)13-22(17)25/h5-6,9-13,19,26H,2-4,7-8,14-15H2,1H3. The number of nitrogens with zero attached hydrogens (tertiary/aromatic N) is 1. The van der Waals surface area contributed by atoms with Crippen LogP contribution in [0.1, 0.15) is 48.9 Å². The van der Waals surface area contributed by atoms with E-state index in [9.17, 15) is 0 Å². The van der Waals surface area contributed by atoms with Crippen molar-refractivity contribution >= 4 is 34.1 Å². The van der Waals surface area contributed by atoms with Crippen LogP contribution in [-0.4, -0.2) is 10.6 Å². The molecule has 1 saturated carbocycles. The minimum absolute atomic E-state index is 0.658. The number of para-hydroxylation sites is 1. The summed E-state index contributed by atoms with van der Waals surface area (Å²) in [6.45, 7) is 3.91. The number of hydrogen-bond donors (Lipinski definition) is 1. The molecule has 2 nitrogen and oxygen atoms in total. The van der Waals surface area contributed by atoms with Gasteiger partial charge in [-0.05, 0) is 49.1 Å². The van der Waals surface area contributed by atoms with E-state index in [1.165, 1.54) is 54.3 Å². The Hall–Kier alpha value is -1.48. The molecule has 1 fully saturated rings. The minimum atomic E-state index is 0.658. The molecule has 142 valence electrons. The van der Waals surface area contributed by atoms with E-state index in [4.69, 9.17) is 23.2 Å². The Kier molecular flexibility index (Phi) is 5.77. The Morgan fingerprint density at radius 2 is 1.81 bits per heavy atom. The highest BCUT2D eigenvalue weighted by Crippen LogP contribution is 2.29. The average molecular weight is 401 g/mol. The highest BCUT2D eigenvalue weighted by Gasteiger charge is 2.17. The van der Waals surface area contributed by atoms with Crippen LogP contribution in [0.4, 0.5) is 0 Å². The van der Waals surface area contributed by atoms with Crippen LogP contribution in [0.2, 0.25) is 10.0 Å². The van der Waals surface area contributed by atoms with Crippen molar-refractivity contribution in [2.45, 2.75) is 58.2 Å². The van der Waals surface area contributed by atoms with Crippen LogP contribution in [0.25, 0.3) is 10.9 Å². The van der Waals surface area contributed by atoms with Gasteiger partial charge in [-0.15, -0.1) is 0 Å². The van der Waals surface area contributed by atoms with Crippen molar-refractivity contribution in [3.05, 3.63) is 69.3 Å². The van der Waals surface area contributed by atoms with Crippen molar-refractivity contribution in [2.75, 3.05) is 0 Å². The Labute approximate surface area is 171 Å². The SMILES string of the molecule is Cc1c(CNC2CCCCC2)c2ccccc2n1Cc1ccc(Cl)cc1Cl. The van der Waals surface area contributed by atoms with Crippen LogP contribution in [0.15, 0.2) is 42.5 Å². The van der Waals surface area contributed by atoms with Crippen molar-refractivity contribution < 1.29 is 0 Å². The fourth-order valence-electron chi connectivity index (χ4n) is 4.30. The van der Waals surface area contributed by atoms with Gasteiger partial charge in [-0.2, -0.15) is 0 Å². The van der Waals surface area contributed by atoms with Crippen molar-refractivity contribution in [1.29, 1.82) is 0 Å². The molecule has 0 unspecified atom stereocenters. The van der Waals surface area contributed by atoms with Gasteiger partial charge in [-0.25, -0.2) is 0 Å². The van der Waals surface area contributed by atoms with E-state index in [0.717, 1.165) is 23.7 Å². The van der Waals surface area contributed by atoms with Crippen molar-refractivity contribution in [3.8, 4) is 0 Å². The van der Waals surface area contributed by atoms with Crippen molar-refractivity contribution in [2.24, 2.45) is 0 Å². The smallest absolute Gasteiger partial charge is 0.0493 e. The summed E-state index contributed by atoms with van der Waals surface area (Å²) >= 11 is 12.5. The number of hydrogen-bond acceptors (Lipinski definition) is 1. The second-order valence-corrected chi connectivity index (χ2v) is 8.46. The largest absolute Gasteiger partial charge is 0.340 e. The van der Waals surface area contributed by atoms with E-state index in [1.807, 2.05) is 18.2 Å². The molecule has 27 heavy (non-hydrogen) atoms. The lowest BCUT2D eigenvalue weighted by Crippen LogP contribution is -2.30. The quantitative estimate of drug-likeness (QED) is 0.502. The Bertz CT molecular complexity index is 939. The van der Waals surface area contributed by atoms with Gasteiger partial charge in [0.05, 0.1) is 0 Å². The molecule has 0 radical (unpaired) electrons. The third-order valence-corrected chi connectivity index (χ3v) is 6.46. The van der Waals surface area contributed by atoms with Crippen LogP contribution < -0.4 is 5.32 Å². The summed E-state index contributed by atoms with van der Waals surface area (Å²) in [4.78, 5) is 0. The van der Waals surface area contributed by atoms with Crippen LogP contribution in [0.3, 0.4) is 0 Å². The van der Waals surface area contributed by atoms with E-state index in [-0.39, 0.29) is 0 Å². The number of nitrogens with one attached hydrogen (secondary N) is 1. The summed E-state index contributed by atoms with van der Waals surface area (Å²) in [7, 11) is 0. The number of rotatable bonds is 5. The van der Waals surface area contributed by atoms with Crippen LogP contribution in [0, 0.1) is 6.92 Å². The van der Waals surface area contributed by atoms with E-state index >= 15 is 0 Å². The van der Waals surface area contributed by atoms with Gasteiger partial charge >= 0.3 is 0 Å². The topological polar surface area (TPSA) is 17.0 Å². The van der Waals surface area contributed by atoms with Gasteiger partial charge in [-0.1, -0.05) is 66.7 Å². The summed E-state index contributed by atoms with van der Waals surface area (Å²) in [5, 5.41) is 6.55. The van der Waals surface area contributed by atoms with Crippen molar-refractivity contribution in [3.63, 3.8) is 0 Å². The lowest BCUT2D eigenvalue weighted by molar-refractivity contribution is 0.372. The fraction of sp³-hybridized carbons (Fsp3) is 0.391. The van der Waals surface area contributed by atoms with E-state index in [1.54, 1.807) is 0 Å². The molecule has 1 aromatic heterocycles. The predicted octanol–water partition coefficient (Wildman–Crippen LogP) is 6.73. The van der Waals surface area contributed by atoms with Gasteiger partial charge in [0.1, 0.15) is 0 Å².